The minimum Gasteiger partial charge on any atom is -0.368 e. The van der Waals surface area contributed by atoms with Crippen molar-refractivity contribution in [2.75, 3.05) is 0 Å². The highest BCUT2D eigenvalue weighted by molar-refractivity contribution is 5.80. The molecule has 5 heteroatoms. The van der Waals surface area contributed by atoms with Crippen LogP contribution >= 0.6 is 0 Å². The van der Waals surface area contributed by atoms with Gasteiger partial charge in [-0.1, -0.05) is 13.0 Å². The van der Waals surface area contributed by atoms with Gasteiger partial charge in [0.2, 0.25) is 5.91 Å². The second-order valence-corrected chi connectivity index (χ2v) is 4.24. The number of amides is 1. The summed E-state index contributed by atoms with van der Waals surface area (Å²) in [4.78, 5) is 27.6. The maximum Gasteiger partial charge on any atom is 0.261 e. The summed E-state index contributed by atoms with van der Waals surface area (Å²) in [6.07, 6.45) is 2.21. The number of hydrogen-bond acceptors (Lipinski definition) is 3. The molecule has 0 fully saturated rings. The lowest BCUT2D eigenvalue weighted by atomic mass is 10.1. The molecule has 1 aromatic heterocycles. The first-order valence-electron chi connectivity index (χ1n) is 5.83. The SMILES string of the molecule is CCc1ccc2ncn([C@@H](C)C(N)=O)c(=O)c2c1. The molecule has 0 aliphatic rings. The number of aromatic nitrogens is 2. The zero-order chi connectivity index (χ0) is 13.3. The second-order valence-electron chi connectivity index (χ2n) is 4.24. The summed E-state index contributed by atoms with van der Waals surface area (Å²) in [5, 5.41) is 0.518. The minimum absolute atomic E-state index is 0.235. The van der Waals surface area contributed by atoms with Crippen molar-refractivity contribution in [1.82, 2.24) is 9.55 Å². The molecular weight excluding hydrogens is 230 g/mol. The van der Waals surface area contributed by atoms with Crippen molar-refractivity contribution in [2.24, 2.45) is 5.73 Å². The molecule has 5 nitrogen and oxygen atoms in total. The lowest BCUT2D eigenvalue weighted by Crippen LogP contribution is -2.32. The quantitative estimate of drug-likeness (QED) is 0.876. The van der Waals surface area contributed by atoms with Crippen molar-refractivity contribution >= 4 is 16.8 Å². The van der Waals surface area contributed by atoms with Gasteiger partial charge < -0.3 is 5.73 Å². The van der Waals surface area contributed by atoms with Crippen molar-refractivity contribution in [2.45, 2.75) is 26.3 Å². The van der Waals surface area contributed by atoms with E-state index < -0.39 is 11.9 Å². The largest absolute Gasteiger partial charge is 0.368 e. The fraction of sp³-hybridized carbons (Fsp3) is 0.308. The third kappa shape index (κ3) is 1.99. The van der Waals surface area contributed by atoms with Crippen molar-refractivity contribution in [3.8, 4) is 0 Å². The number of fused-ring (bicyclic) bond motifs is 1. The van der Waals surface area contributed by atoms with Crippen LogP contribution in [0.3, 0.4) is 0 Å². The summed E-state index contributed by atoms with van der Waals surface area (Å²) in [6.45, 7) is 3.60. The first-order valence-corrected chi connectivity index (χ1v) is 5.83. The van der Waals surface area contributed by atoms with Gasteiger partial charge in [-0.2, -0.15) is 0 Å². The van der Waals surface area contributed by atoms with Crippen molar-refractivity contribution in [1.29, 1.82) is 0 Å². The molecule has 0 aliphatic heterocycles. The normalized spacial score (nSPS) is 12.6. The van der Waals surface area contributed by atoms with E-state index in [9.17, 15) is 9.59 Å². The third-order valence-corrected chi connectivity index (χ3v) is 3.08. The molecule has 0 radical (unpaired) electrons. The van der Waals surface area contributed by atoms with Crippen molar-refractivity contribution in [3.63, 3.8) is 0 Å². The fourth-order valence-corrected chi connectivity index (χ4v) is 1.82. The van der Waals surface area contributed by atoms with Gasteiger partial charge in [-0.25, -0.2) is 4.98 Å². The number of carbonyl (C=O) groups excluding carboxylic acids is 1. The molecule has 0 aliphatic carbocycles. The van der Waals surface area contributed by atoms with E-state index in [0.717, 1.165) is 12.0 Å². The molecule has 0 spiro atoms. The van der Waals surface area contributed by atoms with Crippen LogP contribution in [0, 0.1) is 0 Å². The number of primary amides is 1. The third-order valence-electron chi connectivity index (χ3n) is 3.08. The Bertz CT molecular complexity index is 661. The molecule has 2 N–H and O–H groups in total. The summed E-state index contributed by atoms with van der Waals surface area (Å²) < 4.78 is 1.27. The van der Waals surface area contributed by atoms with Gasteiger partial charge in [-0.3, -0.25) is 14.2 Å². The standard InChI is InChI=1S/C13H15N3O2/c1-3-9-4-5-11-10(6-9)13(18)16(7-15-11)8(2)12(14)17/h4-8H,3H2,1-2H3,(H2,14,17)/t8-/m0/s1. The van der Waals surface area contributed by atoms with Crippen molar-refractivity contribution < 1.29 is 4.79 Å². The van der Waals surface area contributed by atoms with Gasteiger partial charge in [0.05, 0.1) is 17.2 Å². The van der Waals surface area contributed by atoms with Crippen LogP contribution in [0.4, 0.5) is 0 Å². The van der Waals surface area contributed by atoms with Crippen LogP contribution in [0.25, 0.3) is 10.9 Å². The number of nitrogens with two attached hydrogens (primary N) is 1. The smallest absolute Gasteiger partial charge is 0.261 e. The van der Waals surface area contributed by atoms with Crippen LogP contribution in [0.2, 0.25) is 0 Å². The number of hydrogen-bond donors (Lipinski definition) is 1. The van der Waals surface area contributed by atoms with Crippen LogP contribution < -0.4 is 11.3 Å². The number of nitrogens with zero attached hydrogens (tertiary/aromatic N) is 2. The topological polar surface area (TPSA) is 78.0 Å². The zero-order valence-corrected chi connectivity index (χ0v) is 10.4. The Morgan fingerprint density at radius 1 is 1.50 bits per heavy atom. The monoisotopic (exact) mass is 245 g/mol. The molecule has 1 atom stereocenters. The van der Waals surface area contributed by atoms with E-state index in [4.69, 9.17) is 5.73 Å². The Labute approximate surface area is 104 Å². The van der Waals surface area contributed by atoms with Gasteiger partial charge in [0.15, 0.2) is 0 Å². The van der Waals surface area contributed by atoms with E-state index >= 15 is 0 Å². The Balaban J connectivity index is 2.69. The predicted molar refractivity (Wildman–Crippen MR) is 69.3 cm³/mol. The maximum absolute atomic E-state index is 12.3. The molecule has 1 aromatic carbocycles. The first-order chi connectivity index (χ1) is 8.54. The van der Waals surface area contributed by atoms with Gasteiger partial charge in [0, 0.05) is 0 Å². The molecule has 0 bridgehead atoms. The van der Waals surface area contributed by atoms with Gasteiger partial charge in [-0.05, 0) is 31.0 Å². The molecule has 1 amide bonds. The molecule has 0 saturated carbocycles. The first kappa shape index (κ1) is 12.3. The average molecular weight is 245 g/mol. The van der Waals surface area contributed by atoms with Crippen LogP contribution in [0.15, 0.2) is 29.3 Å². The van der Waals surface area contributed by atoms with Crippen LogP contribution in [0.5, 0.6) is 0 Å². The molecular formula is C13H15N3O2. The molecule has 1 heterocycles. The Hall–Kier alpha value is -2.17. The highest BCUT2D eigenvalue weighted by Crippen LogP contribution is 2.11. The Kier molecular flexibility index (Phi) is 3.14. The number of aryl methyl sites for hydroxylation is 1. The molecule has 2 aromatic rings. The number of carbonyl (C=O) groups is 1. The molecule has 0 unspecified atom stereocenters. The van der Waals surface area contributed by atoms with Gasteiger partial charge in [-0.15, -0.1) is 0 Å². The van der Waals surface area contributed by atoms with E-state index in [1.807, 2.05) is 25.1 Å². The minimum atomic E-state index is -0.695. The molecule has 2 rings (SSSR count). The van der Waals surface area contributed by atoms with Gasteiger partial charge in [0.25, 0.3) is 5.56 Å². The highest BCUT2D eigenvalue weighted by Gasteiger charge is 2.14. The lowest BCUT2D eigenvalue weighted by molar-refractivity contribution is -0.120. The highest BCUT2D eigenvalue weighted by atomic mass is 16.2. The number of benzene rings is 1. The van der Waals surface area contributed by atoms with Crippen LogP contribution in [-0.2, 0) is 11.2 Å². The number of rotatable bonds is 3. The zero-order valence-electron chi connectivity index (χ0n) is 10.4. The summed E-state index contributed by atoms with van der Waals surface area (Å²) >= 11 is 0. The summed E-state index contributed by atoms with van der Waals surface area (Å²) in [6, 6.07) is 4.88. The summed E-state index contributed by atoms with van der Waals surface area (Å²) in [5.41, 5.74) is 6.67. The molecule has 18 heavy (non-hydrogen) atoms. The molecule has 0 saturated heterocycles. The maximum atomic E-state index is 12.3. The molecule has 94 valence electrons. The average Bonchev–Trinajstić information content (AvgIpc) is 2.38. The summed E-state index contributed by atoms with van der Waals surface area (Å²) in [5.74, 6) is -0.551. The van der Waals surface area contributed by atoms with E-state index in [-0.39, 0.29) is 5.56 Å². The van der Waals surface area contributed by atoms with E-state index in [2.05, 4.69) is 4.98 Å². The predicted octanol–water partition coefficient (Wildman–Crippen LogP) is 1.01. The van der Waals surface area contributed by atoms with Crippen LogP contribution in [0.1, 0.15) is 25.5 Å². The van der Waals surface area contributed by atoms with Crippen molar-refractivity contribution in [3.05, 3.63) is 40.4 Å². The van der Waals surface area contributed by atoms with E-state index in [0.29, 0.717) is 10.9 Å². The lowest BCUT2D eigenvalue weighted by Gasteiger charge is -2.11. The van der Waals surface area contributed by atoms with Crippen LogP contribution in [-0.4, -0.2) is 15.5 Å². The van der Waals surface area contributed by atoms with Gasteiger partial charge in [0.1, 0.15) is 6.04 Å². The Morgan fingerprint density at radius 3 is 2.83 bits per heavy atom. The fourth-order valence-electron chi connectivity index (χ4n) is 1.82. The van der Waals surface area contributed by atoms with E-state index in [1.165, 1.54) is 10.9 Å². The Morgan fingerprint density at radius 2 is 2.22 bits per heavy atom. The van der Waals surface area contributed by atoms with Gasteiger partial charge >= 0.3 is 0 Å². The van der Waals surface area contributed by atoms with E-state index in [1.54, 1.807) is 6.92 Å². The second kappa shape index (κ2) is 4.60. The summed E-state index contributed by atoms with van der Waals surface area (Å²) in [7, 11) is 0.